The molecule has 0 fully saturated rings. The van der Waals surface area contributed by atoms with Crippen LogP contribution in [0.15, 0.2) is 29.2 Å². The number of rotatable bonds is 4. The Morgan fingerprint density at radius 1 is 1.25 bits per heavy atom. The summed E-state index contributed by atoms with van der Waals surface area (Å²) in [6.45, 7) is 3.28. The first-order chi connectivity index (χ1) is 7.33. The summed E-state index contributed by atoms with van der Waals surface area (Å²) < 4.78 is 36.0. The molecule has 1 aromatic carbocycles. The molecule has 88 valence electrons. The van der Waals surface area contributed by atoms with Crippen LogP contribution in [-0.4, -0.2) is 20.0 Å². The molecule has 0 amide bonds. The molecule has 0 heterocycles. The van der Waals surface area contributed by atoms with E-state index in [1.165, 1.54) is 0 Å². The number of carbonyl (C=O) groups is 1. The fourth-order valence-corrected chi connectivity index (χ4v) is 2.50. The number of carbonyl (C=O) groups excluding carboxylic acids is 1. The second-order valence-electron chi connectivity index (χ2n) is 3.83. The molecule has 0 spiro atoms. The van der Waals surface area contributed by atoms with E-state index >= 15 is 0 Å². The maximum atomic E-state index is 12.6. The molecule has 3 nitrogen and oxygen atoms in total. The van der Waals surface area contributed by atoms with Crippen LogP contribution in [0.25, 0.3) is 0 Å². The molecule has 0 aliphatic rings. The van der Waals surface area contributed by atoms with Crippen molar-refractivity contribution in [3.63, 3.8) is 0 Å². The van der Waals surface area contributed by atoms with E-state index in [-0.39, 0.29) is 16.6 Å². The van der Waals surface area contributed by atoms with Crippen molar-refractivity contribution in [3.8, 4) is 0 Å². The lowest BCUT2D eigenvalue weighted by atomic mass is 10.1. The predicted octanol–water partition coefficient (Wildman–Crippen LogP) is 1.82. The second-order valence-corrected chi connectivity index (χ2v) is 5.82. The molecule has 0 aliphatic heterocycles. The maximum Gasteiger partial charge on any atom is 0.185 e. The zero-order chi connectivity index (χ0) is 12.3. The van der Waals surface area contributed by atoms with Crippen LogP contribution in [0.1, 0.15) is 13.8 Å². The van der Waals surface area contributed by atoms with Gasteiger partial charge in [0.25, 0.3) is 0 Å². The highest BCUT2D eigenvalue weighted by Crippen LogP contribution is 2.13. The quantitative estimate of drug-likeness (QED) is 0.759. The van der Waals surface area contributed by atoms with Gasteiger partial charge in [0.05, 0.1) is 4.90 Å². The third kappa shape index (κ3) is 3.13. The second kappa shape index (κ2) is 4.74. The Morgan fingerprint density at radius 2 is 1.75 bits per heavy atom. The zero-order valence-electron chi connectivity index (χ0n) is 9.10. The van der Waals surface area contributed by atoms with Crippen molar-refractivity contribution in [3.05, 3.63) is 30.1 Å². The average Bonchev–Trinajstić information content (AvgIpc) is 2.17. The van der Waals surface area contributed by atoms with Gasteiger partial charge in [-0.3, -0.25) is 4.79 Å². The van der Waals surface area contributed by atoms with E-state index in [2.05, 4.69) is 0 Å². The van der Waals surface area contributed by atoms with Crippen LogP contribution in [-0.2, 0) is 14.6 Å². The SMILES string of the molecule is CC(C)C(=O)CS(=O)(=O)c1ccc(F)cc1. The van der Waals surface area contributed by atoms with Crippen molar-refractivity contribution in [2.24, 2.45) is 5.92 Å². The van der Waals surface area contributed by atoms with E-state index in [1.54, 1.807) is 13.8 Å². The van der Waals surface area contributed by atoms with Crippen LogP contribution in [0.2, 0.25) is 0 Å². The van der Waals surface area contributed by atoms with Crippen molar-refractivity contribution in [1.82, 2.24) is 0 Å². The molecule has 16 heavy (non-hydrogen) atoms. The molecule has 0 aliphatic carbocycles. The van der Waals surface area contributed by atoms with Gasteiger partial charge in [0.15, 0.2) is 15.6 Å². The Labute approximate surface area is 94.2 Å². The van der Waals surface area contributed by atoms with E-state index in [1.807, 2.05) is 0 Å². The largest absolute Gasteiger partial charge is 0.298 e. The number of Topliss-reactive ketones (excluding diaryl/α,β-unsaturated/α-hetero) is 1. The topological polar surface area (TPSA) is 51.2 Å². The first-order valence-corrected chi connectivity index (χ1v) is 6.49. The fraction of sp³-hybridized carbons (Fsp3) is 0.364. The molecule has 0 saturated heterocycles. The Bertz CT molecular complexity index is 474. The highest BCUT2D eigenvalue weighted by atomic mass is 32.2. The monoisotopic (exact) mass is 244 g/mol. The number of benzene rings is 1. The van der Waals surface area contributed by atoms with Crippen LogP contribution in [0.4, 0.5) is 4.39 Å². The van der Waals surface area contributed by atoms with Crippen LogP contribution in [0, 0.1) is 11.7 Å². The number of ketones is 1. The molecule has 0 bridgehead atoms. The molecule has 0 unspecified atom stereocenters. The molecule has 0 atom stereocenters. The number of hydrogen-bond donors (Lipinski definition) is 0. The zero-order valence-corrected chi connectivity index (χ0v) is 9.92. The van der Waals surface area contributed by atoms with Crippen molar-refractivity contribution in [2.45, 2.75) is 18.7 Å². The first kappa shape index (κ1) is 12.8. The average molecular weight is 244 g/mol. The highest BCUT2D eigenvalue weighted by molar-refractivity contribution is 7.92. The lowest BCUT2D eigenvalue weighted by molar-refractivity contribution is -0.119. The van der Waals surface area contributed by atoms with Gasteiger partial charge in [0.1, 0.15) is 11.6 Å². The molecule has 1 rings (SSSR count). The van der Waals surface area contributed by atoms with Gasteiger partial charge in [-0.25, -0.2) is 12.8 Å². The summed E-state index contributed by atoms with van der Waals surface area (Å²) in [5, 5.41) is 0. The first-order valence-electron chi connectivity index (χ1n) is 4.84. The minimum atomic E-state index is -3.64. The molecule has 0 N–H and O–H groups in total. The summed E-state index contributed by atoms with van der Waals surface area (Å²) in [5.74, 6) is -1.70. The van der Waals surface area contributed by atoms with Crippen molar-refractivity contribution in [2.75, 3.05) is 5.75 Å². The van der Waals surface area contributed by atoms with E-state index in [0.717, 1.165) is 24.3 Å². The molecule has 5 heteroatoms. The minimum Gasteiger partial charge on any atom is -0.298 e. The Morgan fingerprint density at radius 3 is 2.19 bits per heavy atom. The van der Waals surface area contributed by atoms with Crippen LogP contribution in [0.3, 0.4) is 0 Å². The van der Waals surface area contributed by atoms with E-state index in [9.17, 15) is 17.6 Å². The standard InChI is InChI=1S/C11H13FO3S/c1-8(2)11(13)7-16(14,15)10-5-3-9(12)4-6-10/h3-6,8H,7H2,1-2H3. The maximum absolute atomic E-state index is 12.6. The summed E-state index contributed by atoms with van der Waals surface area (Å²) in [4.78, 5) is 11.3. The number of halogens is 1. The molecule has 0 saturated carbocycles. The molecule has 0 radical (unpaired) electrons. The van der Waals surface area contributed by atoms with Crippen molar-refractivity contribution < 1.29 is 17.6 Å². The Kier molecular flexibility index (Phi) is 3.80. The van der Waals surface area contributed by atoms with Crippen LogP contribution >= 0.6 is 0 Å². The summed E-state index contributed by atoms with van der Waals surface area (Å²) in [5.41, 5.74) is 0. The van der Waals surface area contributed by atoms with Crippen molar-refractivity contribution in [1.29, 1.82) is 0 Å². The summed E-state index contributed by atoms with van der Waals surface area (Å²) >= 11 is 0. The number of hydrogen-bond acceptors (Lipinski definition) is 3. The van der Waals surface area contributed by atoms with Gasteiger partial charge in [-0.05, 0) is 24.3 Å². The molecular weight excluding hydrogens is 231 g/mol. The lowest BCUT2D eigenvalue weighted by Gasteiger charge is -2.05. The van der Waals surface area contributed by atoms with Crippen LogP contribution < -0.4 is 0 Å². The Hall–Kier alpha value is -1.23. The van der Waals surface area contributed by atoms with Gasteiger partial charge in [-0.2, -0.15) is 0 Å². The summed E-state index contributed by atoms with van der Waals surface area (Å²) in [6.07, 6.45) is 0. The predicted molar refractivity (Wildman–Crippen MR) is 58.3 cm³/mol. The Balaban J connectivity index is 2.95. The molecule has 0 aromatic heterocycles. The minimum absolute atomic E-state index is 0.0251. The van der Waals surface area contributed by atoms with Crippen LogP contribution in [0.5, 0.6) is 0 Å². The smallest absolute Gasteiger partial charge is 0.185 e. The normalized spacial score (nSPS) is 11.8. The third-order valence-electron chi connectivity index (χ3n) is 2.15. The van der Waals surface area contributed by atoms with E-state index in [0.29, 0.717) is 0 Å². The highest BCUT2D eigenvalue weighted by Gasteiger charge is 2.20. The summed E-state index contributed by atoms with van der Waals surface area (Å²) in [7, 11) is -3.64. The fourth-order valence-electron chi connectivity index (χ4n) is 1.08. The van der Waals surface area contributed by atoms with Gasteiger partial charge in [0, 0.05) is 5.92 Å². The molecular formula is C11H13FO3S. The van der Waals surface area contributed by atoms with Crippen molar-refractivity contribution >= 4 is 15.6 Å². The summed E-state index contributed by atoms with van der Waals surface area (Å²) in [6, 6.07) is 4.45. The number of sulfone groups is 1. The van der Waals surface area contributed by atoms with Gasteiger partial charge in [-0.1, -0.05) is 13.8 Å². The van der Waals surface area contributed by atoms with E-state index in [4.69, 9.17) is 0 Å². The molecule has 1 aromatic rings. The van der Waals surface area contributed by atoms with Gasteiger partial charge in [-0.15, -0.1) is 0 Å². The van der Waals surface area contributed by atoms with Gasteiger partial charge >= 0.3 is 0 Å². The van der Waals surface area contributed by atoms with E-state index < -0.39 is 21.4 Å². The van der Waals surface area contributed by atoms with Gasteiger partial charge in [0.2, 0.25) is 0 Å². The van der Waals surface area contributed by atoms with Gasteiger partial charge < -0.3 is 0 Å². The third-order valence-corrected chi connectivity index (χ3v) is 3.80. The lowest BCUT2D eigenvalue weighted by Crippen LogP contribution is -2.20.